The first-order valence-electron chi connectivity index (χ1n) is 8.38. The molecule has 0 aliphatic carbocycles. The van der Waals surface area contributed by atoms with Crippen LogP contribution in [0.3, 0.4) is 0 Å². The average Bonchev–Trinajstić information content (AvgIpc) is 2.47. The number of hydrogen-bond acceptors (Lipinski definition) is 2. The van der Waals surface area contributed by atoms with E-state index in [0.29, 0.717) is 23.9 Å². The lowest BCUT2D eigenvalue weighted by atomic mass is 10.0. The maximum atomic E-state index is 11.6. The number of carbonyl (C=O) groups is 1. The van der Waals surface area contributed by atoms with E-state index < -0.39 is 18.1 Å². The number of carboxylic acid groups (broad SMARTS) is 1. The van der Waals surface area contributed by atoms with Gasteiger partial charge in [-0.05, 0) is 39.5 Å². The van der Waals surface area contributed by atoms with Crippen LogP contribution in [-0.2, 0) is 4.79 Å². The first-order valence-corrected chi connectivity index (χ1v) is 8.38. The second kappa shape index (κ2) is 10.8. The maximum absolute atomic E-state index is 11.6. The van der Waals surface area contributed by atoms with Crippen molar-refractivity contribution < 1.29 is 19.5 Å². The second-order valence-electron chi connectivity index (χ2n) is 5.79. The summed E-state index contributed by atoms with van der Waals surface area (Å²) in [6.07, 6.45) is 7.85. The Hall–Kier alpha value is -0.870. The van der Waals surface area contributed by atoms with Crippen molar-refractivity contribution in [3.05, 3.63) is 12.2 Å². The lowest BCUT2D eigenvalue weighted by Gasteiger charge is -2.42. The predicted molar refractivity (Wildman–Crippen MR) is 87.2 cm³/mol. The van der Waals surface area contributed by atoms with Gasteiger partial charge in [0.1, 0.15) is 12.6 Å². The van der Waals surface area contributed by atoms with Crippen molar-refractivity contribution in [2.45, 2.75) is 71.9 Å². The van der Waals surface area contributed by atoms with Gasteiger partial charge in [0.25, 0.3) is 0 Å². The number of nitrogens with zero attached hydrogens (tertiary/aromatic N) is 1. The highest BCUT2D eigenvalue weighted by atomic mass is 16.4. The number of hydrogen-bond donors (Lipinski definition) is 2. The van der Waals surface area contributed by atoms with E-state index in [1.54, 1.807) is 0 Å². The molecule has 21 heavy (non-hydrogen) atoms. The largest absolute Gasteiger partial charge is 0.477 e. The number of rotatable bonds is 12. The molecule has 0 aliphatic heterocycles. The topological polar surface area (TPSA) is 57.5 Å². The van der Waals surface area contributed by atoms with Gasteiger partial charge in [-0.3, -0.25) is 0 Å². The minimum absolute atomic E-state index is 0.411. The third-order valence-corrected chi connectivity index (χ3v) is 4.41. The van der Waals surface area contributed by atoms with Crippen LogP contribution in [0.2, 0.25) is 0 Å². The smallest absolute Gasteiger partial charge is 0.362 e. The molecule has 0 radical (unpaired) electrons. The Kier molecular flexibility index (Phi) is 10.4. The third kappa shape index (κ3) is 6.62. The van der Waals surface area contributed by atoms with Crippen LogP contribution < -0.4 is 0 Å². The zero-order valence-electron chi connectivity index (χ0n) is 14.2. The highest BCUT2D eigenvalue weighted by Crippen LogP contribution is 2.21. The van der Waals surface area contributed by atoms with Crippen LogP contribution in [0.5, 0.6) is 0 Å². The van der Waals surface area contributed by atoms with Crippen LogP contribution in [0, 0.1) is 0 Å². The lowest BCUT2D eigenvalue weighted by Crippen LogP contribution is -2.61. The van der Waals surface area contributed by atoms with Gasteiger partial charge < -0.3 is 14.7 Å². The van der Waals surface area contributed by atoms with E-state index in [-0.39, 0.29) is 0 Å². The molecule has 4 heteroatoms. The Labute approximate surface area is 130 Å². The molecule has 0 saturated carbocycles. The molecule has 0 aromatic heterocycles. The van der Waals surface area contributed by atoms with Gasteiger partial charge in [-0.2, -0.15) is 0 Å². The summed E-state index contributed by atoms with van der Waals surface area (Å²) in [5.41, 5.74) is 0. The first-order chi connectivity index (χ1) is 9.97. The Morgan fingerprint density at radius 3 is 2.14 bits per heavy atom. The molecule has 2 unspecified atom stereocenters. The van der Waals surface area contributed by atoms with Crippen LogP contribution in [0.25, 0.3) is 0 Å². The van der Waals surface area contributed by atoms with Crippen molar-refractivity contribution >= 4 is 5.97 Å². The van der Waals surface area contributed by atoms with Crippen LogP contribution in [0.15, 0.2) is 12.2 Å². The van der Waals surface area contributed by atoms with E-state index in [1.807, 2.05) is 20.8 Å². The number of quaternary nitrogens is 1. The normalized spacial score (nSPS) is 15.3. The first kappa shape index (κ1) is 20.1. The summed E-state index contributed by atoms with van der Waals surface area (Å²) in [5.74, 6) is -0.737. The molecule has 124 valence electrons. The summed E-state index contributed by atoms with van der Waals surface area (Å²) < 4.78 is 0.474. The van der Waals surface area contributed by atoms with Gasteiger partial charge in [0.05, 0.1) is 13.1 Å². The van der Waals surface area contributed by atoms with E-state index in [1.165, 1.54) is 0 Å². The molecule has 0 rings (SSSR count). The van der Waals surface area contributed by atoms with Gasteiger partial charge in [0, 0.05) is 6.42 Å². The fourth-order valence-electron chi connectivity index (χ4n) is 3.04. The van der Waals surface area contributed by atoms with Gasteiger partial charge in [0.15, 0.2) is 6.04 Å². The van der Waals surface area contributed by atoms with Crippen LogP contribution in [0.4, 0.5) is 0 Å². The predicted octanol–water partition coefficient (Wildman–Crippen LogP) is 3.20. The van der Waals surface area contributed by atoms with E-state index >= 15 is 0 Å². The van der Waals surface area contributed by atoms with Gasteiger partial charge in [-0.15, -0.1) is 0 Å². The van der Waals surface area contributed by atoms with Gasteiger partial charge >= 0.3 is 5.97 Å². The van der Waals surface area contributed by atoms with E-state index in [4.69, 9.17) is 0 Å². The number of carboxylic acids is 1. The maximum Gasteiger partial charge on any atom is 0.362 e. The number of aliphatic hydroxyl groups is 1. The Bertz CT molecular complexity index is 311. The molecule has 0 heterocycles. The highest BCUT2D eigenvalue weighted by Gasteiger charge is 2.40. The Balaban J connectivity index is 4.84. The fraction of sp³-hybridized carbons (Fsp3) is 0.824. The van der Waals surface area contributed by atoms with Crippen molar-refractivity contribution in [3.8, 4) is 0 Å². The standard InChI is InChI=1S/C17H33NO3/c1-5-9-10-11-13-15(19)14-18(7-3,8-4)16(12-6-2)17(20)21/h9-10,15-16,19H,5-8,11-14H2,1-4H3/p+1/b10-9+. The molecule has 0 saturated heterocycles. The number of aliphatic hydroxyl groups excluding tert-OH is 1. The molecule has 0 aliphatic rings. The molecule has 0 aromatic carbocycles. The molecule has 0 amide bonds. The highest BCUT2D eigenvalue weighted by molar-refractivity contribution is 5.72. The number of allylic oxidation sites excluding steroid dienone is 2. The summed E-state index contributed by atoms with van der Waals surface area (Å²) >= 11 is 0. The molecule has 0 aromatic rings. The Morgan fingerprint density at radius 1 is 1.10 bits per heavy atom. The van der Waals surface area contributed by atoms with E-state index in [2.05, 4.69) is 19.1 Å². The summed E-state index contributed by atoms with van der Waals surface area (Å²) in [6, 6.07) is -0.411. The summed E-state index contributed by atoms with van der Waals surface area (Å²) in [7, 11) is 0. The fourth-order valence-corrected chi connectivity index (χ4v) is 3.04. The minimum atomic E-state index is -0.737. The van der Waals surface area contributed by atoms with Gasteiger partial charge in [0.2, 0.25) is 0 Å². The van der Waals surface area contributed by atoms with Crippen molar-refractivity contribution in [3.63, 3.8) is 0 Å². The summed E-state index contributed by atoms with van der Waals surface area (Å²) in [6.45, 7) is 10.2. The Morgan fingerprint density at radius 2 is 1.71 bits per heavy atom. The molecule has 2 N–H and O–H groups in total. The lowest BCUT2D eigenvalue weighted by molar-refractivity contribution is -0.943. The zero-order valence-corrected chi connectivity index (χ0v) is 14.2. The number of aliphatic carboxylic acids is 1. The molecule has 0 fully saturated rings. The molecular weight excluding hydrogens is 266 g/mol. The van der Waals surface area contributed by atoms with Gasteiger partial charge in [-0.1, -0.05) is 26.0 Å². The number of likely N-dealkylation sites (N-methyl/N-ethyl adjacent to an activating group) is 1. The van der Waals surface area contributed by atoms with Gasteiger partial charge in [-0.25, -0.2) is 4.79 Å². The third-order valence-electron chi connectivity index (χ3n) is 4.41. The summed E-state index contributed by atoms with van der Waals surface area (Å²) in [4.78, 5) is 11.6. The molecule has 2 atom stereocenters. The van der Waals surface area contributed by atoms with Crippen molar-refractivity contribution in [1.82, 2.24) is 0 Å². The van der Waals surface area contributed by atoms with Crippen LogP contribution >= 0.6 is 0 Å². The summed E-state index contributed by atoms with van der Waals surface area (Å²) in [5, 5.41) is 19.9. The van der Waals surface area contributed by atoms with Crippen molar-refractivity contribution in [1.29, 1.82) is 0 Å². The van der Waals surface area contributed by atoms with Crippen molar-refractivity contribution in [2.75, 3.05) is 19.6 Å². The van der Waals surface area contributed by atoms with Crippen LogP contribution in [-0.4, -0.2) is 52.4 Å². The van der Waals surface area contributed by atoms with E-state index in [9.17, 15) is 15.0 Å². The van der Waals surface area contributed by atoms with E-state index in [0.717, 1.165) is 32.4 Å². The SMILES string of the molecule is CC/C=C/CCC(O)C[N+](CC)(CC)C(CCC)C(=O)O. The zero-order chi connectivity index (χ0) is 16.3. The molecular formula is C17H34NO3+. The molecule has 0 bridgehead atoms. The minimum Gasteiger partial charge on any atom is -0.477 e. The van der Waals surface area contributed by atoms with Crippen molar-refractivity contribution in [2.24, 2.45) is 0 Å². The molecule has 0 spiro atoms. The molecule has 4 nitrogen and oxygen atoms in total. The average molecular weight is 300 g/mol. The monoisotopic (exact) mass is 300 g/mol. The second-order valence-corrected chi connectivity index (χ2v) is 5.79. The quantitative estimate of drug-likeness (QED) is 0.430. The van der Waals surface area contributed by atoms with Crippen LogP contribution in [0.1, 0.15) is 59.8 Å².